The number of hydrogen-bond acceptors (Lipinski definition) is 1. The van der Waals surface area contributed by atoms with Crippen LogP contribution < -0.4 is 5.32 Å². The molecular weight excluding hydrogens is 234 g/mol. The van der Waals surface area contributed by atoms with Crippen molar-refractivity contribution in [1.82, 2.24) is 5.32 Å². The molecule has 0 radical (unpaired) electrons. The lowest BCUT2D eigenvalue weighted by Gasteiger charge is -1.92. The van der Waals surface area contributed by atoms with E-state index >= 15 is 0 Å². The molecule has 0 heterocycles. The van der Waals surface area contributed by atoms with Crippen LogP contribution in [0.15, 0.2) is 24.3 Å². The van der Waals surface area contributed by atoms with Gasteiger partial charge in [-0.25, -0.2) is 0 Å². The van der Waals surface area contributed by atoms with Crippen molar-refractivity contribution < 1.29 is 4.79 Å². The molecule has 19 heavy (non-hydrogen) atoms. The normalized spacial score (nSPS) is 7.68. The summed E-state index contributed by atoms with van der Waals surface area (Å²) >= 11 is 0. The summed E-state index contributed by atoms with van der Waals surface area (Å²) in [7, 11) is 1.65. The Balaban J connectivity index is -0.0000000549. The maximum atomic E-state index is 10.5. The minimum Gasteiger partial charge on any atom is -0.359 e. The molecule has 0 fully saturated rings. The molecule has 2 heteroatoms. The summed E-state index contributed by atoms with van der Waals surface area (Å²) in [5, 5.41) is 2.55. The number of carbonyl (C=O) groups is 1. The molecule has 0 aromatic heterocycles. The monoisotopic (exact) mass is 273 g/mol. The van der Waals surface area contributed by atoms with Gasteiger partial charge in [0.15, 0.2) is 0 Å². The maximum absolute atomic E-state index is 10.5. The lowest BCUT2D eigenvalue weighted by atomic mass is 10.3. The van der Waals surface area contributed by atoms with Crippen molar-refractivity contribution in [2.24, 2.45) is 0 Å². The Labute approximate surface area is 123 Å². The van der Waals surface area contributed by atoms with Crippen molar-refractivity contribution in [2.45, 2.75) is 75.2 Å². The Morgan fingerprint density at radius 1 is 0.842 bits per heavy atom. The van der Waals surface area contributed by atoms with Gasteiger partial charge in [-0.2, -0.15) is 0 Å². The van der Waals surface area contributed by atoms with Crippen molar-refractivity contribution in [2.75, 3.05) is 7.05 Å². The van der Waals surface area contributed by atoms with Gasteiger partial charge in [0.1, 0.15) is 0 Å². The molecule has 0 unspecified atom stereocenters. The molecule has 0 aliphatic carbocycles. The fourth-order valence-corrected chi connectivity index (χ4v) is 0.506. The van der Waals surface area contributed by atoms with Crippen LogP contribution in [0, 0.1) is 0 Å². The van der Waals surface area contributed by atoms with Gasteiger partial charge in [-0.1, -0.05) is 65.8 Å². The van der Waals surface area contributed by atoms with Crippen molar-refractivity contribution in [1.29, 1.82) is 0 Å². The second kappa shape index (κ2) is 53.8. The molecule has 0 aliphatic heterocycles. The van der Waals surface area contributed by atoms with E-state index in [4.69, 9.17) is 0 Å². The van der Waals surface area contributed by atoms with Gasteiger partial charge < -0.3 is 5.32 Å². The van der Waals surface area contributed by atoms with E-state index in [1.807, 2.05) is 86.6 Å². The van der Waals surface area contributed by atoms with Gasteiger partial charge in [0.05, 0.1) is 0 Å². The average molecular weight is 274 g/mol. The first-order chi connectivity index (χ1) is 9.22. The molecule has 0 aromatic rings. The zero-order chi connectivity index (χ0) is 16.5. The first kappa shape index (κ1) is 30.8. The summed E-state index contributed by atoms with van der Waals surface area (Å²) in [6, 6.07) is 0. The zero-order valence-electron chi connectivity index (χ0n) is 15.1. The molecule has 0 saturated carbocycles. The van der Waals surface area contributed by atoms with Crippen molar-refractivity contribution >= 4 is 5.91 Å². The van der Waals surface area contributed by atoms with Crippen molar-refractivity contribution in [3.63, 3.8) is 0 Å². The van der Waals surface area contributed by atoms with E-state index in [9.17, 15) is 4.79 Å². The third-order valence-electron chi connectivity index (χ3n) is 1.39. The largest absolute Gasteiger partial charge is 0.359 e. The average Bonchev–Trinajstić information content (AvgIpc) is 2.53. The highest BCUT2D eigenvalue weighted by atomic mass is 16.1. The molecule has 0 aliphatic rings. The summed E-state index contributed by atoms with van der Waals surface area (Å²) in [4.78, 5) is 10.5. The van der Waals surface area contributed by atoms with E-state index in [0.29, 0.717) is 6.42 Å². The first-order valence-electron chi connectivity index (χ1n) is 7.61. The molecule has 0 aromatic carbocycles. The van der Waals surface area contributed by atoms with E-state index in [2.05, 4.69) is 5.32 Å². The number of hydrogen-bond donors (Lipinski definition) is 1. The van der Waals surface area contributed by atoms with Crippen LogP contribution >= 0.6 is 0 Å². The highest BCUT2D eigenvalue weighted by molar-refractivity contribution is 5.75. The van der Waals surface area contributed by atoms with E-state index in [0.717, 1.165) is 6.42 Å². The smallest absolute Gasteiger partial charge is 0.220 e. The number of carbonyl (C=O) groups excluding carboxylic acids is 1. The van der Waals surface area contributed by atoms with Crippen LogP contribution in [-0.4, -0.2) is 13.0 Å². The second-order valence-electron chi connectivity index (χ2n) is 2.45. The van der Waals surface area contributed by atoms with Crippen molar-refractivity contribution in [3.05, 3.63) is 24.3 Å². The van der Waals surface area contributed by atoms with Gasteiger partial charge in [-0.15, -0.1) is 0 Å². The summed E-state index contributed by atoms with van der Waals surface area (Å²) < 4.78 is 0. The second-order valence-corrected chi connectivity index (χ2v) is 2.45. The minimum atomic E-state index is 0.105. The van der Waals surface area contributed by atoms with Gasteiger partial charge in [0, 0.05) is 13.5 Å². The molecule has 0 saturated heterocycles. The van der Waals surface area contributed by atoms with Gasteiger partial charge in [-0.05, 0) is 27.2 Å². The summed E-state index contributed by atoms with van der Waals surface area (Å²) in [6.07, 6.45) is 9.37. The van der Waals surface area contributed by atoms with E-state index in [1.165, 1.54) is 0 Å². The maximum Gasteiger partial charge on any atom is 0.220 e. The number of allylic oxidation sites excluding steroid dienone is 4. The quantitative estimate of drug-likeness (QED) is 0.652. The highest BCUT2D eigenvalue weighted by Gasteiger charge is 1.91. The molecule has 2 nitrogen and oxygen atoms in total. The third kappa shape index (κ3) is 78.4. The van der Waals surface area contributed by atoms with Gasteiger partial charge in [0.2, 0.25) is 5.91 Å². The van der Waals surface area contributed by atoms with Crippen LogP contribution in [0.4, 0.5) is 0 Å². The number of nitrogens with one attached hydrogen (secondary N) is 1. The topological polar surface area (TPSA) is 29.1 Å². The highest BCUT2D eigenvalue weighted by Crippen LogP contribution is 1.88. The number of rotatable bonds is 3. The van der Waals surface area contributed by atoms with Gasteiger partial charge in [-0.3, -0.25) is 4.79 Å². The third-order valence-corrected chi connectivity index (χ3v) is 1.39. The molecule has 0 bridgehead atoms. The molecular formula is C17H39NO. The van der Waals surface area contributed by atoms with Crippen LogP contribution in [0.25, 0.3) is 0 Å². The minimum absolute atomic E-state index is 0.105. The van der Waals surface area contributed by atoms with Gasteiger partial charge in [0.25, 0.3) is 0 Å². The Hall–Kier alpha value is -1.05. The Kier molecular flexibility index (Phi) is 87.1. The Bertz CT molecular complexity index is 157. The van der Waals surface area contributed by atoms with Crippen LogP contribution in [0.2, 0.25) is 0 Å². The van der Waals surface area contributed by atoms with Crippen LogP contribution in [0.3, 0.4) is 0 Å². The lowest BCUT2D eigenvalue weighted by molar-refractivity contribution is -0.120. The molecule has 1 amide bonds. The van der Waals surface area contributed by atoms with E-state index in [1.54, 1.807) is 7.05 Å². The number of amides is 1. The van der Waals surface area contributed by atoms with E-state index in [-0.39, 0.29) is 5.91 Å². The molecule has 1 N–H and O–H groups in total. The first-order valence-corrected chi connectivity index (χ1v) is 7.61. The van der Waals surface area contributed by atoms with Crippen molar-refractivity contribution in [3.8, 4) is 0 Å². The predicted octanol–water partition coefficient (Wildman–Crippen LogP) is 5.75. The molecule has 118 valence electrons. The summed E-state index contributed by atoms with van der Waals surface area (Å²) in [5.41, 5.74) is 0. The van der Waals surface area contributed by atoms with E-state index < -0.39 is 0 Å². The fraction of sp³-hybridized carbons (Fsp3) is 0.706. The Morgan fingerprint density at radius 2 is 1.21 bits per heavy atom. The van der Waals surface area contributed by atoms with Gasteiger partial charge >= 0.3 is 0 Å². The summed E-state index contributed by atoms with van der Waals surface area (Å²) in [6.45, 7) is 17.9. The standard InChI is InChI=1S/C7H13NO.C4H8.3C2H6/c1-3-4-5-6-7(9)8-2;1-3-4-2;3*1-2/h3-4H,5-6H2,1-2H3,(H,8,9);3-4H,1-2H3;3*1-2H3/b4-3+;4-3-;;;. The van der Waals surface area contributed by atoms with Crippen LogP contribution in [0.5, 0.6) is 0 Å². The van der Waals surface area contributed by atoms with Crippen LogP contribution in [0.1, 0.15) is 75.2 Å². The summed E-state index contributed by atoms with van der Waals surface area (Å²) in [5.74, 6) is 0.105. The fourth-order valence-electron chi connectivity index (χ4n) is 0.506. The zero-order valence-corrected chi connectivity index (χ0v) is 15.1. The molecule has 0 atom stereocenters. The lowest BCUT2D eigenvalue weighted by Crippen LogP contribution is -2.16. The SMILES string of the molecule is C/C=C/CCC(=O)NC.C/C=C\C.CC.CC.CC. The molecule has 0 spiro atoms. The Morgan fingerprint density at radius 3 is 1.42 bits per heavy atom. The predicted molar refractivity (Wildman–Crippen MR) is 92.6 cm³/mol. The molecule has 0 rings (SSSR count). The van der Waals surface area contributed by atoms with Crippen LogP contribution in [-0.2, 0) is 4.79 Å².